The van der Waals surface area contributed by atoms with Gasteiger partial charge in [-0.05, 0) is 131 Å². The average molecular weight is 684 g/mol. The van der Waals surface area contributed by atoms with Crippen LogP contribution in [0.4, 0.5) is 0 Å². The molecule has 1 N–H and O–H groups in total. The van der Waals surface area contributed by atoms with Gasteiger partial charge in [-0.25, -0.2) is 0 Å². The number of rotatable bonds is 7. The standard InChI is InChI=1S/C40H64O5SSi/c1-22(2)32-35(33(23(3)4)37(46(43)44)34(24(5)6)36(32)45-47(12,13)38(7,8)9)30-21-26(41)20-25-14-15-27-28-16-17-31(42)39(28,10)19-18-29(27)40(25,30)11/h14,22-24,26-30,41H,15-21H2,1-13H3,(H,43,44)/p-1/t26-,27+,28+,29+,30?,39+,40+/m1/s1. The molecule has 0 heterocycles. The molecule has 264 valence electrons. The van der Waals surface area contributed by atoms with Crippen LogP contribution in [-0.2, 0) is 15.9 Å². The van der Waals surface area contributed by atoms with Crippen LogP contribution in [0.15, 0.2) is 16.5 Å². The minimum atomic E-state index is -2.47. The fraction of sp³-hybridized carbons (Fsp3) is 0.775. The van der Waals surface area contributed by atoms with Gasteiger partial charge in [-0.3, -0.25) is 9.00 Å². The second-order valence-electron chi connectivity index (χ2n) is 18.6. The lowest BCUT2D eigenvalue weighted by atomic mass is 9.44. The molecule has 0 bridgehead atoms. The van der Waals surface area contributed by atoms with Crippen LogP contribution in [0.5, 0.6) is 5.75 Å². The van der Waals surface area contributed by atoms with Crippen LogP contribution in [0, 0.1) is 28.6 Å². The lowest BCUT2D eigenvalue weighted by Crippen LogP contribution is -2.53. The molecule has 4 aliphatic rings. The molecule has 5 nitrogen and oxygen atoms in total. The smallest absolute Gasteiger partial charge is 0.250 e. The summed E-state index contributed by atoms with van der Waals surface area (Å²) in [6.45, 7) is 28.8. The quantitative estimate of drug-likeness (QED) is 0.176. The number of hydrogen-bond donors (Lipinski definition) is 1. The van der Waals surface area contributed by atoms with Crippen molar-refractivity contribution in [2.75, 3.05) is 0 Å². The summed E-state index contributed by atoms with van der Waals surface area (Å²) in [5.74, 6) is 2.35. The summed E-state index contributed by atoms with van der Waals surface area (Å²) in [5, 5.41) is 11.6. The number of benzene rings is 1. The van der Waals surface area contributed by atoms with Gasteiger partial charge in [0.25, 0.3) is 8.32 Å². The van der Waals surface area contributed by atoms with Crippen molar-refractivity contribution in [2.45, 2.75) is 174 Å². The van der Waals surface area contributed by atoms with Crippen LogP contribution in [0.25, 0.3) is 0 Å². The van der Waals surface area contributed by atoms with Gasteiger partial charge in [-0.2, -0.15) is 0 Å². The van der Waals surface area contributed by atoms with Crippen LogP contribution in [0.3, 0.4) is 0 Å². The van der Waals surface area contributed by atoms with Gasteiger partial charge in [0.05, 0.1) is 6.10 Å². The van der Waals surface area contributed by atoms with Crippen LogP contribution in [0.2, 0.25) is 18.1 Å². The zero-order chi connectivity index (χ0) is 35.2. The largest absolute Gasteiger partial charge is 0.768 e. The Morgan fingerprint density at radius 2 is 1.57 bits per heavy atom. The fourth-order valence-electron chi connectivity index (χ4n) is 10.5. The van der Waals surface area contributed by atoms with E-state index >= 15 is 0 Å². The van der Waals surface area contributed by atoms with E-state index in [2.05, 4.69) is 95.3 Å². The van der Waals surface area contributed by atoms with Crippen LogP contribution in [-0.4, -0.2) is 34.1 Å². The minimum Gasteiger partial charge on any atom is -0.768 e. The normalized spacial score (nSPS) is 33.5. The molecule has 3 saturated carbocycles. The maximum Gasteiger partial charge on any atom is 0.250 e. The fourth-order valence-corrected chi connectivity index (χ4v) is 12.5. The number of carbonyl (C=O) groups excluding carboxylic acids is 1. The molecular formula is C40H63O5SSi-. The molecule has 2 unspecified atom stereocenters. The summed E-state index contributed by atoms with van der Waals surface area (Å²) in [6.07, 6.45) is 7.76. The highest BCUT2D eigenvalue weighted by atomic mass is 32.2. The highest BCUT2D eigenvalue weighted by molar-refractivity contribution is 7.79. The Balaban J connectivity index is 1.87. The number of aliphatic hydroxyl groups excluding tert-OH is 1. The van der Waals surface area contributed by atoms with Crippen molar-refractivity contribution in [3.05, 3.63) is 33.9 Å². The first kappa shape index (κ1) is 37.0. The van der Waals surface area contributed by atoms with Crippen molar-refractivity contribution >= 4 is 25.2 Å². The Hall–Kier alpha value is -1.28. The molecule has 8 atom stereocenters. The van der Waals surface area contributed by atoms with Gasteiger partial charge in [0.2, 0.25) is 0 Å². The Bertz CT molecular complexity index is 1470. The first-order valence-electron chi connectivity index (χ1n) is 18.5. The minimum absolute atomic E-state index is 0.0357. The van der Waals surface area contributed by atoms with Gasteiger partial charge in [0.15, 0.2) is 0 Å². The van der Waals surface area contributed by atoms with E-state index in [0.29, 0.717) is 47.7 Å². The van der Waals surface area contributed by atoms with Crippen LogP contribution < -0.4 is 4.43 Å². The zero-order valence-electron chi connectivity index (χ0n) is 31.6. The van der Waals surface area contributed by atoms with E-state index in [1.165, 1.54) is 5.57 Å². The number of hydrogen-bond acceptors (Lipinski definition) is 5. The number of allylic oxidation sites excluding steroid dienone is 1. The number of ketones is 1. The lowest BCUT2D eigenvalue weighted by Gasteiger charge is -2.60. The average Bonchev–Trinajstić information content (AvgIpc) is 3.24. The monoisotopic (exact) mass is 683 g/mol. The van der Waals surface area contributed by atoms with Crippen molar-refractivity contribution in [1.82, 2.24) is 0 Å². The van der Waals surface area contributed by atoms with Gasteiger partial charge in [0.1, 0.15) is 11.5 Å². The van der Waals surface area contributed by atoms with Gasteiger partial charge in [0, 0.05) is 22.3 Å². The SMILES string of the molecule is CC(C)c1c(O[Si](C)(C)C(C)(C)C)c(C(C)C)c(S(=O)[O-])c(C(C)C)c1C1C[C@H](O)CC2=CC[C@H]3[C@@H]4CCC(=O)[C@@]4(C)CC[C@@H]3[C@]21C. The van der Waals surface area contributed by atoms with E-state index in [1.807, 2.05) is 0 Å². The number of aliphatic hydroxyl groups is 1. The summed E-state index contributed by atoms with van der Waals surface area (Å²) in [7, 11) is -2.39. The third-order valence-electron chi connectivity index (χ3n) is 13.9. The van der Waals surface area contributed by atoms with E-state index in [-0.39, 0.29) is 39.5 Å². The van der Waals surface area contributed by atoms with Crippen molar-refractivity contribution < 1.29 is 23.1 Å². The van der Waals surface area contributed by atoms with Crippen molar-refractivity contribution in [2.24, 2.45) is 28.6 Å². The van der Waals surface area contributed by atoms with Crippen molar-refractivity contribution in [3.8, 4) is 5.75 Å². The zero-order valence-corrected chi connectivity index (χ0v) is 33.5. The molecule has 3 fully saturated rings. The number of fused-ring (bicyclic) bond motifs is 5. The first-order valence-corrected chi connectivity index (χ1v) is 22.5. The topological polar surface area (TPSA) is 86.7 Å². The van der Waals surface area contributed by atoms with E-state index in [0.717, 1.165) is 53.7 Å². The first-order chi connectivity index (χ1) is 21.6. The van der Waals surface area contributed by atoms with E-state index in [9.17, 15) is 18.7 Å². The molecule has 7 heteroatoms. The molecule has 1 aromatic rings. The molecule has 0 aliphatic heterocycles. The molecule has 0 spiro atoms. The Morgan fingerprint density at radius 3 is 2.11 bits per heavy atom. The van der Waals surface area contributed by atoms with Crippen LogP contribution in [0.1, 0.15) is 167 Å². The Labute approximate surface area is 289 Å². The molecule has 4 aliphatic carbocycles. The highest BCUT2D eigenvalue weighted by Crippen LogP contribution is 2.68. The summed E-state index contributed by atoms with van der Waals surface area (Å²) in [5.41, 5.74) is 4.87. The third-order valence-corrected chi connectivity index (χ3v) is 19.0. The predicted molar refractivity (Wildman–Crippen MR) is 195 cm³/mol. The second-order valence-corrected chi connectivity index (χ2v) is 24.2. The molecule has 5 rings (SSSR count). The summed E-state index contributed by atoms with van der Waals surface area (Å²) < 4.78 is 34.5. The Kier molecular flexibility index (Phi) is 9.83. The van der Waals surface area contributed by atoms with Crippen LogP contribution >= 0.6 is 0 Å². The van der Waals surface area contributed by atoms with Gasteiger partial charge >= 0.3 is 0 Å². The second kappa shape index (κ2) is 12.5. The Morgan fingerprint density at radius 1 is 0.979 bits per heavy atom. The van der Waals surface area contributed by atoms with Crippen molar-refractivity contribution in [1.29, 1.82) is 0 Å². The molecule has 47 heavy (non-hydrogen) atoms. The van der Waals surface area contributed by atoms with Gasteiger partial charge in [-0.1, -0.05) is 87.8 Å². The molecule has 0 saturated heterocycles. The maximum atomic E-state index is 13.6. The highest BCUT2D eigenvalue weighted by Gasteiger charge is 2.61. The molecular weight excluding hydrogens is 621 g/mol. The molecule has 0 aromatic heterocycles. The summed E-state index contributed by atoms with van der Waals surface area (Å²) in [4.78, 5) is 13.6. The maximum absolute atomic E-state index is 13.6. The molecule has 0 radical (unpaired) electrons. The van der Waals surface area contributed by atoms with E-state index < -0.39 is 25.5 Å². The van der Waals surface area contributed by atoms with Gasteiger partial charge < -0.3 is 14.1 Å². The summed E-state index contributed by atoms with van der Waals surface area (Å²) >= 11 is -2.47. The molecule has 0 amide bonds. The molecule has 1 aromatic carbocycles. The third kappa shape index (κ3) is 5.79. The number of Topliss-reactive ketones (excluding diaryl/α,β-unsaturated/α-hetero) is 1. The van der Waals surface area contributed by atoms with E-state index in [4.69, 9.17) is 4.43 Å². The van der Waals surface area contributed by atoms with E-state index in [1.54, 1.807) is 0 Å². The summed E-state index contributed by atoms with van der Waals surface area (Å²) in [6, 6.07) is 0. The van der Waals surface area contributed by atoms with Gasteiger partial charge in [-0.15, -0.1) is 0 Å². The number of carbonyl (C=O) groups is 1. The predicted octanol–water partition coefficient (Wildman–Crippen LogP) is 10.3. The lowest BCUT2D eigenvalue weighted by molar-refractivity contribution is -0.132. The van der Waals surface area contributed by atoms with Crippen molar-refractivity contribution in [3.63, 3.8) is 0 Å².